The van der Waals surface area contributed by atoms with Crippen LogP contribution in [0, 0.1) is 11.8 Å². The van der Waals surface area contributed by atoms with Gasteiger partial charge in [0.15, 0.2) is 5.13 Å². The second kappa shape index (κ2) is 9.59. The fourth-order valence-corrected chi connectivity index (χ4v) is 7.43. The summed E-state index contributed by atoms with van der Waals surface area (Å²) in [5.74, 6) is 0.416. The number of rotatable bonds is 6. The van der Waals surface area contributed by atoms with Crippen LogP contribution < -0.4 is 5.32 Å². The third-order valence-electron chi connectivity index (χ3n) is 6.16. The Labute approximate surface area is 194 Å². The standard InChI is InChI=1S/C23H32N4O3S2/c1-4-10-26-11-9-20-21(15-26)31-23(24-20)25-22(28)18-5-7-19(8-6-18)32(29,30)27-13-16(2)12-17(3)14-27/h5-8,16-17H,4,9-15H2,1-3H3,(H,24,25,28). The quantitative estimate of drug-likeness (QED) is 0.685. The summed E-state index contributed by atoms with van der Waals surface area (Å²) in [6.07, 6.45) is 3.07. The third kappa shape index (κ3) is 5.06. The van der Waals surface area contributed by atoms with E-state index in [0.717, 1.165) is 44.6 Å². The number of fused-ring (bicyclic) bond motifs is 1. The zero-order chi connectivity index (χ0) is 22.9. The zero-order valence-electron chi connectivity index (χ0n) is 19.0. The second-order valence-corrected chi connectivity index (χ2v) is 12.2. The van der Waals surface area contributed by atoms with Crippen LogP contribution in [-0.2, 0) is 23.0 Å². The summed E-state index contributed by atoms with van der Waals surface area (Å²) in [4.78, 5) is 21.2. The number of piperidine rings is 1. The number of carbonyl (C=O) groups excluding carboxylic acids is 1. The Kier molecular flexibility index (Phi) is 7.00. The van der Waals surface area contributed by atoms with Gasteiger partial charge in [0.05, 0.1) is 10.6 Å². The van der Waals surface area contributed by atoms with Gasteiger partial charge in [0.25, 0.3) is 5.91 Å². The SMILES string of the molecule is CCCN1CCc2nc(NC(=O)c3ccc(S(=O)(=O)N4CC(C)CC(C)C4)cc3)sc2C1. The highest BCUT2D eigenvalue weighted by Gasteiger charge is 2.31. The molecular weight excluding hydrogens is 444 g/mol. The summed E-state index contributed by atoms with van der Waals surface area (Å²) in [7, 11) is -3.55. The van der Waals surface area contributed by atoms with Crippen LogP contribution in [0.4, 0.5) is 5.13 Å². The van der Waals surface area contributed by atoms with E-state index >= 15 is 0 Å². The minimum absolute atomic E-state index is 0.232. The normalized spacial score (nSPS) is 22.5. The van der Waals surface area contributed by atoms with Crippen LogP contribution in [0.3, 0.4) is 0 Å². The molecule has 3 heterocycles. The Hall–Kier alpha value is -1.81. The minimum Gasteiger partial charge on any atom is -0.298 e. The third-order valence-corrected chi connectivity index (χ3v) is 9.00. The Morgan fingerprint density at radius 2 is 1.88 bits per heavy atom. The van der Waals surface area contributed by atoms with E-state index in [1.807, 2.05) is 0 Å². The lowest BCUT2D eigenvalue weighted by atomic mass is 9.94. The van der Waals surface area contributed by atoms with Crippen LogP contribution in [0.15, 0.2) is 29.2 Å². The molecule has 2 aliphatic rings. The average Bonchev–Trinajstić information content (AvgIpc) is 3.15. The summed E-state index contributed by atoms with van der Waals surface area (Å²) in [5.41, 5.74) is 1.49. The highest BCUT2D eigenvalue weighted by molar-refractivity contribution is 7.89. The van der Waals surface area contributed by atoms with Gasteiger partial charge in [-0.1, -0.05) is 20.8 Å². The number of hydrogen-bond donors (Lipinski definition) is 1. The molecule has 0 aliphatic carbocycles. The Bertz CT molecular complexity index is 1060. The molecule has 1 saturated heterocycles. The van der Waals surface area contributed by atoms with Crippen molar-refractivity contribution in [3.8, 4) is 0 Å². The molecule has 1 aromatic carbocycles. The lowest BCUT2D eigenvalue weighted by Crippen LogP contribution is -2.42. The lowest BCUT2D eigenvalue weighted by Gasteiger charge is -2.34. The van der Waals surface area contributed by atoms with Gasteiger partial charge in [-0.3, -0.25) is 15.0 Å². The summed E-state index contributed by atoms with van der Waals surface area (Å²) < 4.78 is 27.7. The number of benzene rings is 1. The summed E-state index contributed by atoms with van der Waals surface area (Å²) in [6.45, 7) is 10.4. The van der Waals surface area contributed by atoms with Gasteiger partial charge < -0.3 is 0 Å². The predicted molar refractivity (Wildman–Crippen MR) is 127 cm³/mol. The number of anilines is 1. The topological polar surface area (TPSA) is 82.6 Å². The number of nitrogens with one attached hydrogen (secondary N) is 1. The predicted octanol–water partition coefficient (Wildman–Crippen LogP) is 3.83. The van der Waals surface area contributed by atoms with Crippen molar-refractivity contribution in [3.63, 3.8) is 0 Å². The molecule has 1 N–H and O–H groups in total. The van der Waals surface area contributed by atoms with Crippen molar-refractivity contribution in [2.75, 3.05) is 31.5 Å². The monoisotopic (exact) mass is 476 g/mol. The van der Waals surface area contributed by atoms with E-state index in [0.29, 0.717) is 35.6 Å². The van der Waals surface area contributed by atoms with E-state index in [2.05, 4.69) is 36.0 Å². The summed E-state index contributed by atoms with van der Waals surface area (Å²) in [5, 5.41) is 3.49. The molecule has 2 atom stereocenters. The number of carbonyl (C=O) groups is 1. The van der Waals surface area contributed by atoms with Crippen molar-refractivity contribution in [1.29, 1.82) is 0 Å². The molecular formula is C23H32N4O3S2. The van der Waals surface area contributed by atoms with Gasteiger partial charge in [0, 0.05) is 43.0 Å². The van der Waals surface area contributed by atoms with Gasteiger partial charge in [-0.15, -0.1) is 11.3 Å². The molecule has 0 spiro atoms. The molecule has 4 rings (SSSR count). The van der Waals surface area contributed by atoms with Gasteiger partial charge in [-0.05, 0) is 55.5 Å². The molecule has 1 amide bonds. The molecule has 32 heavy (non-hydrogen) atoms. The molecule has 1 aromatic heterocycles. The van der Waals surface area contributed by atoms with E-state index in [4.69, 9.17) is 0 Å². The number of amides is 1. The van der Waals surface area contributed by atoms with E-state index in [1.165, 1.54) is 28.3 Å². The molecule has 9 heteroatoms. The molecule has 0 radical (unpaired) electrons. The second-order valence-electron chi connectivity index (χ2n) is 9.16. The zero-order valence-corrected chi connectivity index (χ0v) is 20.6. The summed E-state index contributed by atoms with van der Waals surface area (Å²) >= 11 is 1.53. The van der Waals surface area contributed by atoms with Gasteiger partial charge in [-0.25, -0.2) is 13.4 Å². The van der Waals surface area contributed by atoms with E-state index < -0.39 is 10.0 Å². The minimum atomic E-state index is -3.55. The number of sulfonamides is 1. The maximum Gasteiger partial charge on any atom is 0.257 e. The van der Waals surface area contributed by atoms with Crippen molar-refractivity contribution < 1.29 is 13.2 Å². The largest absolute Gasteiger partial charge is 0.298 e. The van der Waals surface area contributed by atoms with Crippen molar-refractivity contribution in [1.82, 2.24) is 14.2 Å². The van der Waals surface area contributed by atoms with Crippen molar-refractivity contribution in [3.05, 3.63) is 40.4 Å². The molecule has 2 aliphatic heterocycles. The molecule has 0 saturated carbocycles. The van der Waals surface area contributed by atoms with Crippen LogP contribution in [0.5, 0.6) is 0 Å². The molecule has 174 valence electrons. The van der Waals surface area contributed by atoms with Gasteiger partial charge in [0.1, 0.15) is 0 Å². The van der Waals surface area contributed by atoms with E-state index in [1.54, 1.807) is 16.4 Å². The fraction of sp³-hybridized carbons (Fsp3) is 0.565. The maximum absolute atomic E-state index is 13.0. The lowest BCUT2D eigenvalue weighted by molar-refractivity contribution is 0.102. The maximum atomic E-state index is 13.0. The molecule has 7 nitrogen and oxygen atoms in total. The highest BCUT2D eigenvalue weighted by Crippen LogP contribution is 2.29. The first-order valence-electron chi connectivity index (χ1n) is 11.4. The number of nitrogens with zero attached hydrogens (tertiary/aromatic N) is 3. The first-order chi connectivity index (χ1) is 15.3. The van der Waals surface area contributed by atoms with Crippen LogP contribution in [-0.4, -0.2) is 54.7 Å². The highest BCUT2D eigenvalue weighted by atomic mass is 32.2. The van der Waals surface area contributed by atoms with Gasteiger partial charge in [-0.2, -0.15) is 4.31 Å². The number of hydrogen-bond acceptors (Lipinski definition) is 6. The van der Waals surface area contributed by atoms with Crippen molar-refractivity contribution >= 4 is 32.4 Å². The van der Waals surface area contributed by atoms with Gasteiger partial charge in [0.2, 0.25) is 10.0 Å². The van der Waals surface area contributed by atoms with Crippen LogP contribution >= 0.6 is 11.3 Å². The van der Waals surface area contributed by atoms with Crippen LogP contribution in [0.25, 0.3) is 0 Å². The van der Waals surface area contributed by atoms with Crippen molar-refractivity contribution in [2.45, 2.75) is 51.5 Å². The fourth-order valence-electron chi connectivity index (χ4n) is 4.71. The van der Waals surface area contributed by atoms with Gasteiger partial charge >= 0.3 is 0 Å². The van der Waals surface area contributed by atoms with E-state index in [9.17, 15) is 13.2 Å². The molecule has 2 unspecified atom stereocenters. The Balaban J connectivity index is 1.43. The molecule has 0 bridgehead atoms. The first kappa shape index (κ1) is 23.4. The first-order valence-corrected chi connectivity index (χ1v) is 13.6. The van der Waals surface area contributed by atoms with Crippen LogP contribution in [0.1, 0.15) is 54.5 Å². The molecule has 2 aromatic rings. The summed E-state index contributed by atoms with van der Waals surface area (Å²) in [6, 6.07) is 6.22. The average molecular weight is 477 g/mol. The van der Waals surface area contributed by atoms with Crippen LogP contribution in [0.2, 0.25) is 0 Å². The number of aromatic nitrogens is 1. The van der Waals surface area contributed by atoms with E-state index in [-0.39, 0.29) is 10.8 Å². The molecule has 1 fully saturated rings. The Morgan fingerprint density at radius 3 is 2.53 bits per heavy atom. The van der Waals surface area contributed by atoms with Crippen molar-refractivity contribution in [2.24, 2.45) is 11.8 Å². The number of thiazole rings is 1. The smallest absolute Gasteiger partial charge is 0.257 e. The Morgan fingerprint density at radius 1 is 1.19 bits per heavy atom.